The monoisotopic (exact) mass is 453 g/mol. The molecule has 0 aliphatic carbocycles. The number of aliphatic hydroxyl groups is 1. The molecule has 178 valence electrons. The number of carbonyl (C=O) groups is 2. The minimum absolute atomic E-state index is 0.0551. The van der Waals surface area contributed by atoms with Crippen molar-refractivity contribution in [1.29, 1.82) is 0 Å². The molecule has 8 heteroatoms. The number of aliphatic carboxylic acids is 1. The molecule has 32 heavy (non-hydrogen) atoms. The van der Waals surface area contributed by atoms with Crippen LogP contribution in [0.3, 0.4) is 0 Å². The molecule has 1 aliphatic rings. The molecule has 1 aromatic carbocycles. The van der Waals surface area contributed by atoms with Gasteiger partial charge in [0.25, 0.3) is 0 Å². The van der Waals surface area contributed by atoms with E-state index in [-0.39, 0.29) is 18.1 Å². The minimum Gasteiger partial charge on any atom is -0.481 e. The van der Waals surface area contributed by atoms with Crippen molar-refractivity contribution in [2.24, 2.45) is 11.8 Å². The highest BCUT2D eigenvalue weighted by molar-refractivity contribution is 5.70. The first-order chi connectivity index (χ1) is 15.1. The van der Waals surface area contributed by atoms with E-state index in [0.717, 1.165) is 18.9 Å². The molecular formula is C24H33F2NO5. The number of nitrogens with zero attached hydrogens (tertiary/aromatic N) is 1. The number of aliphatic hydroxyl groups excluding tert-OH is 1. The SMILES string of the molecule is CC(C)C(CCCCCN1C(=O)OCC[C@@H]1/C=C/C(O)C(F)(F)c1ccccc1)C(=O)O. The van der Waals surface area contributed by atoms with E-state index in [2.05, 4.69) is 0 Å². The molecule has 6 nitrogen and oxygen atoms in total. The number of alkyl halides is 2. The first-order valence-electron chi connectivity index (χ1n) is 11.1. The molecule has 1 fully saturated rings. The Kier molecular flexibility index (Phi) is 9.62. The van der Waals surface area contributed by atoms with Crippen LogP contribution in [0.5, 0.6) is 0 Å². The van der Waals surface area contributed by atoms with E-state index in [1.54, 1.807) is 6.07 Å². The van der Waals surface area contributed by atoms with Crippen molar-refractivity contribution < 1.29 is 33.3 Å². The number of unbranched alkanes of at least 4 members (excludes halogenated alkanes) is 2. The number of benzene rings is 1. The third-order valence-electron chi connectivity index (χ3n) is 5.86. The summed E-state index contributed by atoms with van der Waals surface area (Å²) in [7, 11) is 0. The van der Waals surface area contributed by atoms with Gasteiger partial charge in [0.15, 0.2) is 0 Å². The average molecular weight is 454 g/mol. The van der Waals surface area contributed by atoms with Crippen LogP contribution in [0.4, 0.5) is 13.6 Å². The average Bonchev–Trinajstić information content (AvgIpc) is 2.75. The maximum atomic E-state index is 14.5. The molecule has 0 bridgehead atoms. The third-order valence-corrected chi connectivity index (χ3v) is 5.86. The zero-order chi connectivity index (χ0) is 23.7. The van der Waals surface area contributed by atoms with Gasteiger partial charge >= 0.3 is 18.0 Å². The van der Waals surface area contributed by atoms with Crippen molar-refractivity contribution >= 4 is 12.1 Å². The summed E-state index contributed by atoms with van der Waals surface area (Å²) >= 11 is 0. The van der Waals surface area contributed by atoms with Gasteiger partial charge in [-0.1, -0.05) is 69.2 Å². The van der Waals surface area contributed by atoms with Crippen molar-refractivity contribution in [3.63, 3.8) is 0 Å². The van der Waals surface area contributed by atoms with Gasteiger partial charge in [0.05, 0.1) is 18.6 Å². The summed E-state index contributed by atoms with van der Waals surface area (Å²) in [6, 6.07) is 6.67. The molecule has 1 aliphatic heterocycles. The smallest absolute Gasteiger partial charge is 0.410 e. The van der Waals surface area contributed by atoms with Crippen LogP contribution in [0, 0.1) is 11.8 Å². The fraction of sp³-hybridized carbons (Fsp3) is 0.583. The number of rotatable bonds is 12. The molecule has 1 aromatic rings. The predicted molar refractivity (Wildman–Crippen MR) is 116 cm³/mol. The Balaban J connectivity index is 1.91. The lowest BCUT2D eigenvalue weighted by atomic mass is 9.90. The second kappa shape index (κ2) is 11.9. The van der Waals surface area contributed by atoms with Crippen LogP contribution in [0.1, 0.15) is 51.5 Å². The molecule has 2 N–H and O–H groups in total. The highest BCUT2D eigenvalue weighted by Gasteiger charge is 2.39. The third kappa shape index (κ3) is 7.02. The zero-order valence-electron chi connectivity index (χ0n) is 18.6. The van der Waals surface area contributed by atoms with Gasteiger partial charge in [-0.2, -0.15) is 8.78 Å². The first kappa shape index (κ1) is 25.8. The van der Waals surface area contributed by atoms with E-state index in [4.69, 9.17) is 4.74 Å². The highest BCUT2D eigenvalue weighted by Crippen LogP contribution is 2.32. The van der Waals surface area contributed by atoms with Crippen molar-refractivity contribution in [2.45, 2.75) is 64.0 Å². The van der Waals surface area contributed by atoms with Crippen molar-refractivity contribution in [2.75, 3.05) is 13.2 Å². The molecule has 2 rings (SSSR count). The highest BCUT2D eigenvalue weighted by atomic mass is 19.3. The number of hydrogen-bond acceptors (Lipinski definition) is 4. The molecule has 3 atom stereocenters. The molecular weight excluding hydrogens is 420 g/mol. The number of carbonyl (C=O) groups excluding carboxylic acids is 1. The molecule has 0 spiro atoms. The Hall–Kier alpha value is -2.48. The first-order valence-corrected chi connectivity index (χ1v) is 11.1. The lowest BCUT2D eigenvalue weighted by Crippen LogP contribution is -2.45. The van der Waals surface area contributed by atoms with Crippen LogP contribution < -0.4 is 0 Å². The minimum atomic E-state index is -3.45. The van der Waals surface area contributed by atoms with Gasteiger partial charge in [-0.25, -0.2) is 4.79 Å². The van der Waals surface area contributed by atoms with Crippen molar-refractivity contribution in [1.82, 2.24) is 4.90 Å². The van der Waals surface area contributed by atoms with Crippen LogP contribution in [-0.2, 0) is 15.5 Å². The Bertz CT molecular complexity index is 769. The van der Waals surface area contributed by atoms with Crippen LogP contribution in [0.15, 0.2) is 42.5 Å². The number of amides is 1. The number of hydrogen-bond donors (Lipinski definition) is 2. The molecule has 1 saturated heterocycles. The molecule has 0 saturated carbocycles. The maximum Gasteiger partial charge on any atom is 0.410 e. The van der Waals surface area contributed by atoms with Gasteiger partial charge in [-0.05, 0) is 18.8 Å². The van der Waals surface area contributed by atoms with Crippen LogP contribution in [0.25, 0.3) is 0 Å². The maximum absolute atomic E-state index is 14.5. The standard InChI is InChI=1S/C24H33F2NO5/c1-17(2)20(22(29)30)11-7-4-8-15-27-19(14-16-32-23(27)31)12-13-21(28)24(25,26)18-9-5-3-6-10-18/h3,5-6,9-10,12-13,17,19-21,28H,4,7-8,11,14-16H2,1-2H3,(H,29,30)/b13-12+/t19-,20?,21?/m0/s1. The summed E-state index contributed by atoms with van der Waals surface area (Å²) in [5, 5.41) is 19.3. The normalized spacial score (nSPS) is 19.2. The Morgan fingerprint density at radius 2 is 1.94 bits per heavy atom. The van der Waals surface area contributed by atoms with Gasteiger partial charge in [-0.3, -0.25) is 4.79 Å². The van der Waals surface area contributed by atoms with Gasteiger partial charge in [0, 0.05) is 18.5 Å². The second-order valence-electron chi connectivity index (χ2n) is 8.52. The zero-order valence-corrected chi connectivity index (χ0v) is 18.6. The van der Waals surface area contributed by atoms with Crippen molar-refractivity contribution in [3.05, 3.63) is 48.0 Å². The topological polar surface area (TPSA) is 87.1 Å². The second-order valence-corrected chi connectivity index (χ2v) is 8.52. The van der Waals surface area contributed by atoms with Crippen LogP contribution in [-0.4, -0.2) is 52.5 Å². The van der Waals surface area contributed by atoms with Crippen LogP contribution in [0.2, 0.25) is 0 Å². The van der Waals surface area contributed by atoms with E-state index < -0.39 is 36.0 Å². The molecule has 2 unspecified atom stereocenters. The largest absolute Gasteiger partial charge is 0.481 e. The Labute approximate surface area is 187 Å². The number of carboxylic acids is 1. The Morgan fingerprint density at radius 3 is 2.56 bits per heavy atom. The summed E-state index contributed by atoms with van der Waals surface area (Å²) in [5.41, 5.74) is -0.280. The molecule has 0 radical (unpaired) electrons. The van der Waals surface area contributed by atoms with Gasteiger partial charge in [0.1, 0.15) is 6.10 Å². The lowest BCUT2D eigenvalue weighted by Gasteiger charge is -2.33. The number of cyclic esters (lactones) is 1. The number of ether oxygens (including phenoxy) is 1. The van der Waals surface area contributed by atoms with Gasteiger partial charge < -0.3 is 19.8 Å². The molecule has 1 heterocycles. The number of carboxylic acid groups (broad SMARTS) is 1. The summed E-state index contributed by atoms with van der Waals surface area (Å²) in [6.45, 7) is 4.33. The number of halogens is 2. The van der Waals surface area contributed by atoms with Crippen molar-refractivity contribution in [3.8, 4) is 0 Å². The fourth-order valence-electron chi connectivity index (χ4n) is 3.85. The van der Waals surface area contributed by atoms with Gasteiger partial charge in [0.2, 0.25) is 0 Å². The van der Waals surface area contributed by atoms with Crippen LogP contribution >= 0.6 is 0 Å². The predicted octanol–water partition coefficient (Wildman–Crippen LogP) is 4.82. The van der Waals surface area contributed by atoms with Gasteiger partial charge in [-0.15, -0.1) is 0 Å². The van der Waals surface area contributed by atoms with E-state index in [0.29, 0.717) is 25.8 Å². The quantitative estimate of drug-likeness (QED) is 0.350. The summed E-state index contributed by atoms with van der Waals surface area (Å²) in [4.78, 5) is 25.0. The lowest BCUT2D eigenvalue weighted by molar-refractivity contribution is -0.143. The summed E-state index contributed by atoms with van der Waals surface area (Å²) in [6.07, 6.45) is 3.08. The van der Waals surface area contributed by atoms with E-state index in [9.17, 15) is 28.6 Å². The molecule has 0 aromatic heterocycles. The van der Waals surface area contributed by atoms with E-state index >= 15 is 0 Å². The van der Waals surface area contributed by atoms with E-state index in [1.807, 2.05) is 13.8 Å². The summed E-state index contributed by atoms with van der Waals surface area (Å²) in [5.74, 6) is -4.58. The van der Waals surface area contributed by atoms with E-state index in [1.165, 1.54) is 35.2 Å². The fourth-order valence-corrected chi connectivity index (χ4v) is 3.85. The Morgan fingerprint density at radius 1 is 1.25 bits per heavy atom. The summed E-state index contributed by atoms with van der Waals surface area (Å²) < 4.78 is 34.1. The molecule has 1 amide bonds.